The molecule has 0 atom stereocenters. The summed E-state index contributed by atoms with van der Waals surface area (Å²) >= 11 is 0. The van der Waals surface area contributed by atoms with Gasteiger partial charge in [0, 0.05) is 33.1 Å². The van der Waals surface area contributed by atoms with Crippen LogP contribution in [0.25, 0.3) is 93.6 Å². The van der Waals surface area contributed by atoms with E-state index < -0.39 is 0 Å². The number of hydrogen-bond donors (Lipinski definition) is 0. The normalized spacial score (nSPS) is 11.6. The van der Waals surface area contributed by atoms with Crippen molar-refractivity contribution in [1.29, 1.82) is 0 Å². The highest BCUT2D eigenvalue weighted by molar-refractivity contribution is 6.15. The highest BCUT2D eigenvalue weighted by Gasteiger charge is 2.24. The van der Waals surface area contributed by atoms with Gasteiger partial charge in [-0.3, -0.25) is 0 Å². The van der Waals surface area contributed by atoms with E-state index in [1.807, 2.05) is 6.07 Å². The van der Waals surface area contributed by atoms with Gasteiger partial charge in [0.1, 0.15) is 11.2 Å². The van der Waals surface area contributed by atoms with Gasteiger partial charge in [-0.1, -0.05) is 164 Å². The Hall–Kier alpha value is -8.14. The van der Waals surface area contributed by atoms with E-state index in [0.717, 1.165) is 61.4 Å². The van der Waals surface area contributed by atoms with Gasteiger partial charge >= 0.3 is 0 Å². The summed E-state index contributed by atoms with van der Waals surface area (Å²) in [5.41, 5.74) is 15.5. The van der Waals surface area contributed by atoms with Gasteiger partial charge in [0.05, 0.1) is 27.8 Å². The van der Waals surface area contributed by atoms with E-state index in [2.05, 4.69) is 234 Å². The number of rotatable bonds is 7. The minimum absolute atomic E-state index is 0.856. The van der Waals surface area contributed by atoms with Crippen LogP contribution in [0.1, 0.15) is 0 Å². The van der Waals surface area contributed by atoms with E-state index in [9.17, 15) is 0 Å². The van der Waals surface area contributed by atoms with E-state index in [4.69, 9.17) is 4.42 Å². The van der Waals surface area contributed by atoms with Crippen LogP contribution in [-0.2, 0) is 0 Å². The minimum Gasteiger partial charge on any atom is -0.456 e. The fraction of sp³-hybridized carbons (Fsp3) is 0. The topological polar surface area (TPSA) is 21.3 Å². The van der Waals surface area contributed by atoms with Crippen molar-refractivity contribution in [3.63, 3.8) is 0 Å². The van der Waals surface area contributed by atoms with Crippen LogP contribution in [0.2, 0.25) is 0 Å². The molecule has 0 aliphatic carbocycles. The van der Waals surface area contributed by atoms with Gasteiger partial charge in [0.15, 0.2) is 0 Å². The maximum atomic E-state index is 6.53. The Bertz CT molecular complexity index is 3590. The molecule has 3 heteroatoms. The Balaban J connectivity index is 1.10. The fourth-order valence-corrected chi connectivity index (χ4v) is 9.50. The maximum absolute atomic E-state index is 6.53. The van der Waals surface area contributed by atoms with Crippen molar-refractivity contribution in [2.24, 2.45) is 0 Å². The van der Waals surface area contributed by atoms with E-state index in [-0.39, 0.29) is 0 Å². The van der Waals surface area contributed by atoms with Crippen LogP contribution >= 0.6 is 0 Å². The zero-order valence-electron chi connectivity index (χ0n) is 33.2. The van der Waals surface area contributed by atoms with Crippen LogP contribution in [0.15, 0.2) is 235 Å². The van der Waals surface area contributed by atoms with E-state index in [0.29, 0.717) is 0 Å². The van der Waals surface area contributed by atoms with Gasteiger partial charge in [-0.25, -0.2) is 0 Å². The highest BCUT2D eigenvalue weighted by Crippen LogP contribution is 2.48. The van der Waals surface area contributed by atoms with Crippen LogP contribution in [0.5, 0.6) is 0 Å². The smallest absolute Gasteiger partial charge is 0.137 e. The number of nitrogens with zero attached hydrogens (tertiary/aromatic N) is 2. The van der Waals surface area contributed by atoms with Crippen LogP contribution < -0.4 is 4.90 Å². The summed E-state index contributed by atoms with van der Waals surface area (Å²) in [5.74, 6) is 0. The lowest BCUT2D eigenvalue weighted by Gasteiger charge is -2.29. The van der Waals surface area contributed by atoms with Crippen molar-refractivity contribution in [1.82, 2.24) is 4.57 Å². The molecule has 61 heavy (non-hydrogen) atoms. The second-order valence-electron chi connectivity index (χ2n) is 15.6. The molecule has 0 aliphatic heterocycles. The van der Waals surface area contributed by atoms with Gasteiger partial charge in [0.2, 0.25) is 0 Å². The summed E-state index contributed by atoms with van der Waals surface area (Å²) in [6.45, 7) is 0. The molecule has 12 aromatic rings. The van der Waals surface area contributed by atoms with Gasteiger partial charge < -0.3 is 13.9 Å². The molecule has 12 rings (SSSR count). The molecule has 0 saturated carbocycles. The molecule has 0 unspecified atom stereocenters. The molecule has 0 radical (unpaired) electrons. The number of aromatic nitrogens is 1. The third-order valence-corrected chi connectivity index (χ3v) is 12.2. The van der Waals surface area contributed by atoms with Crippen molar-refractivity contribution < 1.29 is 4.42 Å². The number of hydrogen-bond acceptors (Lipinski definition) is 2. The molecule has 0 aliphatic rings. The van der Waals surface area contributed by atoms with Crippen LogP contribution in [0.3, 0.4) is 0 Å². The minimum atomic E-state index is 0.856. The van der Waals surface area contributed by atoms with Crippen molar-refractivity contribution in [3.05, 3.63) is 231 Å². The Morgan fingerprint density at radius 1 is 0.344 bits per heavy atom. The molecule has 0 spiro atoms. The van der Waals surface area contributed by atoms with E-state index in [1.54, 1.807) is 0 Å². The fourth-order valence-electron chi connectivity index (χ4n) is 9.50. The average molecular weight is 779 g/mol. The van der Waals surface area contributed by atoms with Crippen LogP contribution in [-0.4, -0.2) is 4.57 Å². The highest BCUT2D eigenvalue weighted by atomic mass is 16.3. The van der Waals surface area contributed by atoms with Gasteiger partial charge in [-0.05, 0) is 105 Å². The van der Waals surface area contributed by atoms with Crippen LogP contribution in [0, 0.1) is 0 Å². The maximum Gasteiger partial charge on any atom is 0.137 e. The first-order chi connectivity index (χ1) is 30.3. The molecule has 0 saturated heterocycles. The first-order valence-electron chi connectivity index (χ1n) is 20.8. The molecule has 2 aromatic heterocycles. The molecule has 286 valence electrons. The third-order valence-electron chi connectivity index (χ3n) is 12.2. The standard InChI is InChI=1S/C58H38N2O/c1-3-17-39(18-4-1)45-28-14-19-40-20-15-29-48(57(40)45)46-25-7-10-30-51(46)60(54-32-16-34-56-58(54)49-27-9-12-33-55(49)61-56)44-24-13-21-41(37-44)42-35-36-53-50(38-42)47-26-8-11-31-52(47)59(53)43-22-5-2-6-23-43/h1-38H. The predicted octanol–water partition coefficient (Wildman–Crippen LogP) is 16.3. The zero-order chi connectivity index (χ0) is 40.3. The van der Waals surface area contributed by atoms with Crippen LogP contribution in [0.4, 0.5) is 17.1 Å². The summed E-state index contributed by atoms with van der Waals surface area (Å²) in [4.78, 5) is 2.44. The Kier molecular flexibility index (Phi) is 8.17. The van der Waals surface area contributed by atoms with Gasteiger partial charge in [-0.2, -0.15) is 0 Å². The van der Waals surface area contributed by atoms with Crippen molar-refractivity contribution in [2.75, 3.05) is 4.90 Å². The molecule has 0 fully saturated rings. The zero-order valence-corrected chi connectivity index (χ0v) is 33.2. The lowest BCUT2D eigenvalue weighted by Crippen LogP contribution is -2.12. The van der Waals surface area contributed by atoms with Crippen molar-refractivity contribution in [3.8, 4) is 39.1 Å². The Labute approximate surface area is 353 Å². The SMILES string of the molecule is c1ccc(-c2cccc3cccc(-c4ccccc4N(c4cccc(-c5ccc6c(c5)c5ccccc5n6-c5ccccc5)c4)c4cccc5oc6ccccc6c45)c23)cc1. The first kappa shape index (κ1) is 34.9. The second-order valence-corrected chi connectivity index (χ2v) is 15.6. The molecule has 0 bridgehead atoms. The monoisotopic (exact) mass is 778 g/mol. The quantitative estimate of drug-likeness (QED) is 0.161. The summed E-state index contributed by atoms with van der Waals surface area (Å²) < 4.78 is 8.90. The van der Waals surface area contributed by atoms with Crippen molar-refractivity contribution >= 4 is 71.6 Å². The van der Waals surface area contributed by atoms with E-state index >= 15 is 0 Å². The van der Waals surface area contributed by atoms with Gasteiger partial charge in [0.25, 0.3) is 0 Å². The number of para-hydroxylation sites is 4. The van der Waals surface area contributed by atoms with Crippen molar-refractivity contribution in [2.45, 2.75) is 0 Å². The molecule has 0 amide bonds. The predicted molar refractivity (Wildman–Crippen MR) is 257 cm³/mol. The number of fused-ring (bicyclic) bond motifs is 7. The average Bonchev–Trinajstić information content (AvgIpc) is 3.88. The first-order valence-corrected chi connectivity index (χ1v) is 20.8. The molecule has 0 N–H and O–H groups in total. The Morgan fingerprint density at radius 2 is 0.951 bits per heavy atom. The summed E-state index contributed by atoms with van der Waals surface area (Å²) in [6.07, 6.45) is 0. The lowest BCUT2D eigenvalue weighted by atomic mass is 9.90. The molecule has 3 nitrogen and oxygen atoms in total. The summed E-state index contributed by atoms with van der Waals surface area (Å²) in [5, 5.41) is 7.06. The largest absolute Gasteiger partial charge is 0.456 e. The number of anilines is 3. The van der Waals surface area contributed by atoms with Gasteiger partial charge in [-0.15, -0.1) is 0 Å². The third kappa shape index (κ3) is 5.74. The molecular formula is C58H38N2O. The number of benzene rings is 10. The molecule has 2 heterocycles. The van der Waals surface area contributed by atoms with E-state index in [1.165, 1.54) is 49.3 Å². The molecule has 10 aromatic carbocycles. The number of furan rings is 1. The summed E-state index contributed by atoms with van der Waals surface area (Å²) in [7, 11) is 0. The molecular weight excluding hydrogens is 741 g/mol. The lowest BCUT2D eigenvalue weighted by molar-refractivity contribution is 0.669. The summed E-state index contributed by atoms with van der Waals surface area (Å²) in [6, 6.07) is 83.0. The second kappa shape index (κ2) is 14.3. The Morgan fingerprint density at radius 3 is 1.82 bits per heavy atom.